The predicted octanol–water partition coefficient (Wildman–Crippen LogP) is 1.68. The van der Waals surface area contributed by atoms with Gasteiger partial charge >= 0.3 is 0 Å². The normalized spacial score (nSPS) is 12.1. The van der Waals surface area contributed by atoms with Gasteiger partial charge in [-0.2, -0.15) is 0 Å². The van der Waals surface area contributed by atoms with Gasteiger partial charge in [-0.1, -0.05) is 30.3 Å². The van der Waals surface area contributed by atoms with Crippen LogP contribution < -0.4 is 15.8 Å². The molecule has 2 aromatic carbocycles. The molecule has 0 radical (unpaired) electrons. The fourth-order valence-corrected chi connectivity index (χ4v) is 1.73. The molecular weight excluding hydrogens is 240 g/mol. The molecule has 0 saturated carbocycles. The summed E-state index contributed by atoms with van der Waals surface area (Å²) in [6.07, 6.45) is 0. The summed E-state index contributed by atoms with van der Waals surface area (Å²) in [6.45, 7) is 2.30. The number of rotatable bonds is 5. The summed E-state index contributed by atoms with van der Waals surface area (Å²) in [4.78, 5) is 11.5. The summed E-state index contributed by atoms with van der Waals surface area (Å²) in [6, 6.07) is 13.7. The van der Waals surface area contributed by atoms with Gasteiger partial charge in [0.05, 0.1) is 0 Å². The van der Waals surface area contributed by atoms with Crippen LogP contribution in [0.1, 0.15) is 6.92 Å². The van der Waals surface area contributed by atoms with Crippen molar-refractivity contribution >= 4 is 16.7 Å². The molecule has 0 aromatic heterocycles. The van der Waals surface area contributed by atoms with E-state index in [1.807, 2.05) is 49.4 Å². The van der Waals surface area contributed by atoms with Crippen LogP contribution >= 0.6 is 0 Å². The van der Waals surface area contributed by atoms with Gasteiger partial charge in [-0.15, -0.1) is 0 Å². The molecule has 19 heavy (non-hydrogen) atoms. The van der Waals surface area contributed by atoms with E-state index in [0.717, 1.165) is 10.8 Å². The number of carbonyl (C=O) groups excluding carboxylic acids is 1. The molecule has 0 aliphatic carbocycles. The van der Waals surface area contributed by atoms with Crippen molar-refractivity contribution in [1.82, 2.24) is 5.32 Å². The first kappa shape index (κ1) is 13.4. The zero-order valence-electron chi connectivity index (χ0n) is 10.9. The van der Waals surface area contributed by atoms with Crippen LogP contribution in [0.3, 0.4) is 0 Å². The smallest absolute Gasteiger partial charge is 0.257 e. The Morgan fingerprint density at radius 3 is 2.74 bits per heavy atom. The number of benzene rings is 2. The second-order valence-electron chi connectivity index (χ2n) is 4.58. The molecule has 2 aromatic rings. The van der Waals surface area contributed by atoms with Crippen molar-refractivity contribution in [3.63, 3.8) is 0 Å². The van der Waals surface area contributed by atoms with Crippen molar-refractivity contribution in [3.8, 4) is 5.75 Å². The molecule has 4 heteroatoms. The summed E-state index contributed by atoms with van der Waals surface area (Å²) in [5.41, 5.74) is 5.55. The minimum Gasteiger partial charge on any atom is -0.484 e. The molecule has 0 spiro atoms. The summed E-state index contributed by atoms with van der Waals surface area (Å²) < 4.78 is 5.46. The highest BCUT2D eigenvalue weighted by molar-refractivity contribution is 5.84. The van der Waals surface area contributed by atoms with E-state index in [2.05, 4.69) is 5.32 Å². The van der Waals surface area contributed by atoms with E-state index in [4.69, 9.17) is 10.5 Å². The minimum absolute atomic E-state index is 0.00502. The van der Waals surface area contributed by atoms with E-state index in [0.29, 0.717) is 12.3 Å². The Morgan fingerprint density at radius 2 is 2.00 bits per heavy atom. The molecule has 2 rings (SSSR count). The third kappa shape index (κ3) is 3.96. The van der Waals surface area contributed by atoms with Crippen LogP contribution in [-0.4, -0.2) is 25.1 Å². The molecule has 0 heterocycles. The maximum absolute atomic E-state index is 11.5. The average molecular weight is 258 g/mol. The minimum atomic E-state index is -0.162. The van der Waals surface area contributed by atoms with Crippen LogP contribution in [0.15, 0.2) is 42.5 Å². The Labute approximate surface area is 112 Å². The van der Waals surface area contributed by atoms with Crippen LogP contribution in [0.4, 0.5) is 0 Å². The molecule has 3 N–H and O–H groups in total. The standard InChI is InChI=1S/C15H18N2O2/c1-11(16)9-17-15(18)10-19-14-7-6-12-4-2-3-5-13(12)8-14/h2-8,11H,9-10,16H2,1H3,(H,17,18). The highest BCUT2D eigenvalue weighted by atomic mass is 16.5. The van der Waals surface area contributed by atoms with Crippen molar-refractivity contribution in [2.75, 3.05) is 13.2 Å². The molecule has 1 unspecified atom stereocenters. The predicted molar refractivity (Wildman–Crippen MR) is 76.1 cm³/mol. The average Bonchev–Trinajstić information content (AvgIpc) is 2.42. The number of ether oxygens (including phenoxy) is 1. The molecule has 100 valence electrons. The number of amides is 1. The lowest BCUT2D eigenvalue weighted by molar-refractivity contribution is -0.123. The molecule has 4 nitrogen and oxygen atoms in total. The fourth-order valence-electron chi connectivity index (χ4n) is 1.73. The Kier molecular flexibility index (Phi) is 4.36. The van der Waals surface area contributed by atoms with Crippen molar-refractivity contribution in [3.05, 3.63) is 42.5 Å². The molecule has 0 fully saturated rings. The maximum Gasteiger partial charge on any atom is 0.257 e. The second-order valence-corrected chi connectivity index (χ2v) is 4.58. The third-order valence-electron chi connectivity index (χ3n) is 2.71. The molecule has 0 bridgehead atoms. The zero-order valence-corrected chi connectivity index (χ0v) is 10.9. The van der Waals surface area contributed by atoms with Crippen LogP contribution in [-0.2, 0) is 4.79 Å². The van der Waals surface area contributed by atoms with Crippen molar-refractivity contribution < 1.29 is 9.53 Å². The Morgan fingerprint density at radius 1 is 1.26 bits per heavy atom. The van der Waals surface area contributed by atoms with Gasteiger partial charge in [0.25, 0.3) is 5.91 Å². The number of nitrogens with one attached hydrogen (secondary N) is 1. The Bertz CT molecular complexity index is 567. The van der Waals surface area contributed by atoms with Gasteiger partial charge in [-0.25, -0.2) is 0 Å². The van der Waals surface area contributed by atoms with Gasteiger partial charge in [0.15, 0.2) is 6.61 Å². The molecular formula is C15H18N2O2. The number of fused-ring (bicyclic) bond motifs is 1. The number of hydrogen-bond acceptors (Lipinski definition) is 3. The Hall–Kier alpha value is -2.07. The van der Waals surface area contributed by atoms with Gasteiger partial charge < -0.3 is 15.8 Å². The van der Waals surface area contributed by atoms with Crippen molar-refractivity contribution in [2.45, 2.75) is 13.0 Å². The van der Waals surface area contributed by atoms with Gasteiger partial charge in [0.2, 0.25) is 0 Å². The molecule has 1 atom stereocenters. The number of carbonyl (C=O) groups is 1. The molecule has 0 saturated heterocycles. The van der Waals surface area contributed by atoms with E-state index < -0.39 is 0 Å². The highest BCUT2D eigenvalue weighted by Gasteiger charge is 2.04. The van der Waals surface area contributed by atoms with Crippen LogP contribution in [0.2, 0.25) is 0 Å². The van der Waals surface area contributed by atoms with E-state index >= 15 is 0 Å². The quantitative estimate of drug-likeness (QED) is 0.857. The highest BCUT2D eigenvalue weighted by Crippen LogP contribution is 2.20. The fraction of sp³-hybridized carbons (Fsp3) is 0.267. The lowest BCUT2D eigenvalue weighted by Gasteiger charge is -2.09. The van der Waals surface area contributed by atoms with E-state index in [9.17, 15) is 4.79 Å². The van der Waals surface area contributed by atoms with Crippen LogP contribution in [0.25, 0.3) is 10.8 Å². The van der Waals surface area contributed by atoms with E-state index in [1.54, 1.807) is 0 Å². The topological polar surface area (TPSA) is 64.3 Å². The largest absolute Gasteiger partial charge is 0.484 e. The lowest BCUT2D eigenvalue weighted by atomic mass is 10.1. The number of nitrogens with two attached hydrogens (primary N) is 1. The summed E-state index contributed by atoms with van der Waals surface area (Å²) >= 11 is 0. The van der Waals surface area contributed by atoms with Gasteiger partial charge in [-0.3, -0.25) is 4.79 Å². The Balaban J connectivity index is 1.92. The van der Waals surface area contributed by atoms with Crippen molar-refractivity contribution in [1.29, 1.82) is 0 Å². The summed E-state index contributed by atoms with van der Waals surface area (Å²) in [7, 11) is 0. The third-order valence-corrected chi connectivity index (χ3v) is 2.71. The molecule has 0 aliphatic heterocycles. The van der Waals surface area contributed by atoms with E-state index in [1.165, 1.54) is 0 Å². The maximum atomic E-state index is 11.5. The number of hydrogen-bond donors (Lipinski definition) is 2. The summed E-state index contributed by atoms with van der Waals surface area (Å²) in [5, 5.41) is 4.94. The SMILES string of the molecule is CC(N)CNC(=O)COc1ccc2ccccc2c1. The van der Waals surface area contributed by atoms with Crippen LogP contribution in [0.5, 0.6) is 5.75 Å². The summed E-state index contributed by atoms with van der Waals surface area (Å²) in [5.74, 6) is 0.528. The van der Waals surface area contributed by atoms with Crippen molar-refractivity contribution in [2.24, 2.45) is 5.73 Å². The van der Waals surface area contributed by atoms with Gasteiger partial charge in [0, 0.05) is 12.6 Å². The lowest BCUT2D eigenvalue weighted by Crippen LogP contribution is -2.37. The first-order valence-corrected chi connectivity index (χ1v) is 6.29. The molecule has 0 aliphatic rings. The van der Waals surface area contributed by atoms with Gasteiger partial charge in [0.1, 0.15) is 5.75 Å². The molecule has 1 amide bonds. The first-order chi connectivity index (χ1) is 9.15. The zero-order chi connectivity index (χ0) is 13.7. The van der Waals surface area contributed by atoms with Gasteiger partial charge in [-0.05, 0) is 29.8 Å². The second kappa shape index (κ2) is 6.20. The van der Waals surface area contributed by atoms with Crippen LogP contribution in [0, 0.1) is 0 Å². The monoisotopic (exact) mass is 258 g/mol. The first-order valence-electron chi connectivity index (χ1n) is 6.29. The van der Waals surface area contributed by atoms with E-state index in [-0.39, 0.29) is 18.6 Å².